The molecule has 0 aliphatic rings. The van der Waals surface area contributed by atoms with Crippen molar-refractivity contribution in [3.8, 4) is 24.7 Å². The lowest BCUT2D eigenvalue weighted by molar-refractivity contribution is 0.134. The van der Waals surface area contributed by atoms with Crippen molar-refractivity contribution in [1.82, 2.24) is 0 Å². The van der Waals surface area contributed by atoms with Crippen LogP contribution in [0.1, 0.15) is 13.8 Å². The van der Waals surface area contributed by atoms with Gasteiger partial charge in [0, 0.05) is 6.66 Å². The van der Waals surface area contributed by atoms with Crippen molar-refractivity contribution >= 4 is 7.60 Å². The molecule has 0 saturated heterocycles. The van der Waals surface area contributed by atoms with E-state index in [4.69, 9.17) is 21.9 Å². The molecule has 13 heavy (non-hydrogen) atoms. The molecule has 0 saturated carbocycles. The third kappa shape index (κ3) is 5.50. The van der Waals surface area contributed by atoms with E-state index >= 15 is 0 Å². The highest BCUT2D eigenvalue weighted by Crippen LogP contribution is 2.47. The number of terminal acetylenes is 2. The van der Waals surface area contributed by atoms with Gasteiger partial charge in [0.15, 0.2) is 0 Å². The van der Waals surface area contributed by atoms with E-state index in [9.17, 15) is 4.57 Å². The molecule has 0 aromatic carbocycles. The molecule has 0 amide bonds. The molecule has 0 fully saturated rings. The fourth-order valence-electron chi connectivity index (χ4n) is 0.622. The van der Waals surface area contributed by atoms with Crippen molar-refractivity contribution in [3.05, 3.63) is 0 Å². The van der Waals surface area contributed by atoms with Crippen molar-refractivity contribution < 1.29 is 13.6 Å². The average molecular weight is 200 g/mol. The summed E-state index contributed by atoms with van der Waals surface area (Å²) in [5.74, 6) is 4.55. The number of hydrogen-bond acceptors (Lipinski definition) is 3. The molecule has 0 heterocycles. The summed E-state index contributed by atoms with van der Waals surface area (Å²) in [6, 6.07) is 0. The predicted molar refractivity (Wildman–Crippen MR) is 52.3 cm³/mol. The van der Waals surface area contributed by atoms with E-state index in [0.717, 1.165) is 0 Å². The third-order valence-corrected chi connectivity index (χ3v) is 2.51. The van der Waals surface area contributed by atoms with Gasteiger partial charge in [-0.3, -0.25) is 13.6 Å². The molecule has 3 nitrogen and oxygen atoms in total. The maximum atomic E-state index is 11.5. The molecule has 0 radical (unpaired) electrons. The lowest BCUT2D eigenvalue weighted by atomic mass is 10.2. The summed E-state index contributed by atoms with van der Waals surface area (Å²) in [4.78, 5) is 0. The van der Waals surface area contributed by atoms with Gasteiger partial charge in [-0.15, -0.1) is 12.8 Å². The minimum absolute atomic E-state index is 0.0472. The van der Waals surface area contributed by atoms with Crippen LogP contribution >= 0.6 is 7.60 Å². The number of rotatable bonds is 4. The number of hydrogen-bond donors (Lipinski definition) is 0. The second-order valence-corrected chi connectivity index (χ2v) is 4.98. The Morgan fingerprint density at radius 3 is 2.38 bits per heavy atom. The average Bonchev–Trinajstić information content (AvgIpc) is 1.99. The van der Waals surface area contributed by atoms with E-state index in [1.807, 2.05) is 0 Å². The van der Waals surface area contributed by atoms with Gasteiger partial charge < -0.3 is 0 Å². The van der Waals surface area contributed by atoms with Crippen LogP contribution < -0.4 is 0 Å². The Morgan fingerprint density at radius 1 is 1.46 bits per heavy atom. The van der Waals surface area contributed by atoms with Crippen LogP contribution in [0, 0.1) is 24.7 Å². The van der Waals surface area contributed by atoms with E-state index in [1.54, 1.807) is 13.8 Å². The molecule has 0 aliphatic heterocycles. The smallest absolute Gasteiger partial charge is 0.296 e. The molecule has 1 unspecified atom stereocenters. The van der Waals surface area contributed by atoms with Gasteiger partial charge in [-0.25, -0.2) is 0 Å². The largest absolute Gasteiger partial charge is 0.330 e. The van der Waals surface area contributed by atoms with Gasteiger partial charge >= 0.3 is 7.60 Å². The monoisotopic (exact) mass is 200 g/mol. The molecule has 0 aromatic rings. The van der Waals surface area contributed by atoms with Gasteiger partial charge in [-0.1, -0.05) is 11.8 Å². The maximum absolute atomic E-state index is 11.5. The summed E-state index contributed by atoms with van der Waals surface area (Å²) in [5.41, 5.74) is -0.904. The van der Waals surface area contributed by atoms with Crippen molar-refractivity contribution in [2.75, 3.05) is 13.3 Å². The zero-order valence-corrected chi connectivity index (χ0v) is 8.93. The van der Waals surface area contributed by atoms with Crippen LogP contribution in [-0.2, 0) is 13.6 Å². The molecular formula is C9H13O3P. The molecule has 0 bridgehead atoms. The highest BCUT2D eigenvalue weighted by Gasteiger charge is 2.27. The van der Waals surface area contributed by atoms with Gasteiger partial charge in [-0.2, -0.15) is 0 Å². The Labute approximate surface area is 79.3 Å². The lowest BCUT2D eigenvalue weighted by Gasteiger charge is -2.22. The third-order valence-electron chi connectivity index (χ3n) is 1.12. The summed E-state index contributed by atoms with van der Waals surface area (Å²) in [5, 5.41) is 0. The Balaban J connectivity index is 4.29. The highest BCUT2D eigenvalue weighted by molar-refractivity contribution is 7.53. The SMILES string of the molecule is C#CCOP(C)(=O)OC(C)(C)C#C. The van der Waals surface area contributed by atoms with Crippen LogP contribution in [-0.4, -0.2) is 18.9 Å². The first kappa shape index (κ1) is 12.3. The summed E-state index contributed by atoms with van der Waals surface area (Å²) in [7, 11) is -3.13. The molecule has 4 heteroatoms. The van der Waals surface area contributed by atoms with E-state index in [-0.39, 0.29) is 6.61 Å². The second-order valence-electron chi connectivity index (χ2n) is 2.99. The van der Waals surface area contributed by atoms with Crippen LogP contribution in [0.3, 0.4) is 0 Å². The van der Waals surface area contributed by atoms with E-state index < -0.39 is 13.2 Å². The van der Waals surface area contributed by atoms with Gasteiger partial charge in [-0.05, 0) is 13.8 Å². The molecule has 0 aliphatic carbocycles. The molecule has 0 spiro atoms. The topological polar surface area (TPSA) is 35.5 Å². The van der Waals surface area contributed by atoms with Gasteiger partial charge in [0.1, 0.15) is 12.2 Å². The molecule has 1 atom stereocenters. The standard InChI is InChI=1S/C9H13O3P/c1-6-8-11-13(5,10)12-9(3,4)7-2/h1-2H,8H2,3-5H3. The Hall–Kier alpha value is -0.730. The van der Waals surface area contributed by atoms with Crippen LogP contribution in [0.2, 0.25) is 0 Å². The van der Waals surface area contributed by atoms with Crippen molar-refractivity contribution in [3.63, 3.8) is 0 Å². The van der Waals surface area contributed by atoms with Crippen LogP contribution in [0.15, 0.2) is 0 Å². The molecular weight excluding hydrogens is 187 g/mol. The van der Waals surface area contributed by atoms with Gasteiger partial charge in [0.25, 0.3) is 0 Å². The molecule has 72 valence electrons. The second kappa shape index (κ2) is 4.49. The first-order valence-corrected chi connectivity index (χ1v) is 5.66. The predicted octanol–water partition coefficient (Wildman–Crippen LogP) is 1.89. The van der Waals surface area contributed by atoms with Crippen LogP contribution in [0.4, 0.5) is 0 Å². The van der Waals surface area contributed by atoms with E-state index in [1.165, 1.54) is 6.66 Å². The minimum atomic E-state index is -3.13. The summed E-state index contributed by atoms with van der Waals surface area (Å²) in [6.07, 6.45) is 10.1. The van der Waals surface area contributed by atoms with Crippen molar-refractivity contribution in [2.45, 2.75) is 19.4 Å². The van der Waals surface area contributed by atoms with Gasteiger partial charge in [0.05, 0.1) is 0 Å². The Bertz CT molecular complexity index is 293. The Kier molecular flexibility index (Phi) is 4.24. The zero-order valence-electron chi connectivity index (χ0n) is 8.03. The normalized spacial score (nSPS) is 15.5. The summed E-state index contributed by atoms with van der Waals surface area (Å²) >= 11 is 0. The van der Waals surface area contributed by atoms with Crippen LogP contribution in [0.5, 0.6) is 0 Å². The highest BCUT2D eigenvalue weighted by atomic mass is 31.2. The maximum Gasteiger partial charge on any atom is 0.330 e. The molecule has 0 rings (SSSR count). The van der Waals surface area contributed by atoms with E-state index in [0.29, 0.717) is 0 Å². The molecule has 0 N–H and O–H groups in total. The minimum Gasteiger partial charge on any atom is -0.296 e. The lowest BCUT2D eigenvalue weighted by Crippen LogP contribution is -2.20. The summed E-state index contributed by atoms with van der Waals surface area (Å²) < 4.78 is 21.4. The van der Waals surface area contributed by atoms with E-state index in [2.05, 4.69) is 11.8 Å². The zero-order chi connectivity index (χ0) is 10.5. The Morgan fingerprint density at radius 2 is 2.00 bits per heavy atom. The van der Waals surface area contributed by atoms with Gasteiger partial charge in [0.2, 0.25) is 0 Å². The van der Waals surface area contributed by atoms with Crippen molar-refractivity contribution in [2.24, 2.45) is 0 Å². The molecule has 0 aromatic heterocycles. The first-order valence-electron chi connectivity index (χ1n) is 3.67. The quantitative estimate of drug-likeness (QED) is 0.513. The first-order chi connectivity index (χ1) is 5.83. The van der Waals surface area contributed by atoms with Crippen molar-refractivity contribution in [1.29, 1.82) is 0 Å². The fourth-order valence-corrected chi connectivity index (χ4v) is 1.87. The summed E-state index contributed by atoms with van der Waals surface area (Å²) in [6.45, 7) is 4.54. The fraction of sp³-hybridized carbons (Fsp3) is 0.556. The van der Waals surface area contributed by atoms with Crippen LogP contribution in [0.25, 0.3) is 0 Å².